The summed E-state index contributed by atoms with van der Waals surface area (Å²) in [5, 5.41) is 0. The van der Waals surface area contributed by atoms with Gasteiger partial charge in [-0.05, 0) is 42.7 Å². The van der Waals surface area contributed by atoms with Crippen molar-refractivity contribution in [2.24, 2.45) is 0 Å². The second-order valence-corrected chi connectivity index (χ2v) is 4.92. The van der Waals surface area contributed by atoms with Gasteiger partial charge in [0.2, 0.25) is 0 Å². The topological polar surface area (TPSA) is 29.5 Å². The van der Waals surface area contributed by atoms with E-state index in [1.54, 1.807) is 13.2 Å². The third kappa shape index (κ3) is 1.84. The molecule has 0 amide bonds. The molecule has 19 heavy (non-hydrogen) atoms. The molecule has 1 heterocycles. The highest BCUT2D eigenvalue weighted by Crippen LogP contribution is 2.52. The standard InChI is InChI=1S/C16H21NO2/c1-5-16(6-2)13-11-12(19-4)7-8-14(13)17(3)15(16)9-10-18/h7-11H,5-6H2,1-4H3/b15-9-. The Morgan fingerprint density at radius 1 is 1.32 bits per heavy atom. The summed E-state index contributed by atoms with van der Waals surface area (Å²) in [5.41, 5.74) is 3.42. The molecule has 1 aromatic carbocycles. The van der Waals surface area contributed by atoms with Crippen molar-refractivity contribution in [1.29, 1.82) is 0 Å². The summed E-state index contributed by atoms with van der Waals surface area (Å²) in [7, 11) is 3.70. The van der Waals surface area contributed by atoms with Crippen LogP contribution in [0.1, 0.15) is 32.3 Å². The molecule has 0 aliphatic carbocycles. The molecule has 2 rings (SSSR count). The molecule has 0 saturated heterocycles. The lowest BCUT2D eigenvalue weighted by molar-refractivity contribution is -0.104. The van der Waals surface area contributed by atoms with Gasteiger partial charge in [-0.3, -0.25) is 4.79 Å². The first-order valence-corrected chi connectivity index (χ1v) is 6.72. The summed E-state index contributed by atoms with van der Waals surface area (Å²) in [6.07, 6.45) is 4.51. The molecule has 1 aliphatic heterocycles. The van der Waals surface area contributed by atoms with E-state index in [9.17, 15) is 4.79 Å². The number of nitrogens with zero attached hydrogens (tertiary/aromatic N) is 1. The fourth-order valence-corrected chi connectivity index (χ4v) is 3.24. The SMILES string of the molecule is CCC1(CC)/C(=C/C=O)N(C)c2ccc(OC)cc21. The first-order valence-electron chi connectivity index (χ1n) is 6.72. The lowest BCUT2D eigenvalue weighted by Crippen LogP contribution is -2.28. The third-order valence-corrected chi connectivity index (χ3v) is 4.37. The number of anilines is 1. The summed E-state index contributed by atoms with van der Waals surface area (Å²) in [5.74, 6) is 0.866. The number of carbonyl (C=O) groups is 1. The van der Waals surface area contributed by atoms with Crippen LogP contribution in [-0.4, -0.2) is 20.4 Å². The molecule has 0 atom stereocenters. The van der Waals surface area contributed by atoms with E-state index in [2.05, 4.69) is 30.9 Å². The summed E-state index contributed by atoms with van der Waals surface area (Å²) in [4.78, 5) is 13.1. The second kappa shape index (κ2) is 5.08. The molecule has 0 fully saturated rings. The van der Waals surface area contributed by atoms with Gasteiger partial charge in [0, 0.05) is 23.8 Å². The van der Waals surface area contributed by atoms with Crippen molar-refractivity contribution in [2.75, 3.05) is 19.1 Å². The molecule has 0 unspecified atom stereocenters. The molecule has 0 spiro atoms. The monoisotopic (exact) mass is 259 g/mol. The van der Waals surface area contributed by atoms with E-state index >= 15 is 0 Å². The number of ether oxygens (including phenoxy) is 1. The molecule has 3 nitrogen and oxygen atoms in total. The molecule has 102 valence electrons. The highest BCUT2D eigenvalue weighted by atomic mass is 16.5. The number of fused-ring (bicyclic) bond motifs is 1. The van der Waals surface area contributed by atoms with Crippen molar-refractivity contribution in [3.63, 3.8) is 0 Å². The van der Waals surface area contributed by atoms with E-state index in [1.165, 1.54) is 5.56 Å². The molecule has 1 aliphatic rings. The number of rotatable bonds is 4. The van der Waals surface area contributed by atoms with Gasteiger partial charge in [0.1, 0.15) is 12.0 Å². The predicted octanol–water partition coefficient (Wildman–Crippen LogP) is 3.29. The fraction of sp³-hybridized carbons (Fsp3) is 0.438. The van der Waals surface area contributed by atoms with Crippen LogP contribution in [0.2, 0.25) is 0 Å². The van der Waals surface area contributed by atoms with Crippen LogP contribution < -0.4 is 9.64 Å². The molecule has 0 saturated carbocycles. The van der Waals surface area contributed by atoms with Gasteiger partial charge in [-0.15, -0.1) is 0 Å². The van der Waals surface area contributed by atoms with Crippen molar-refractivity contribution in [1.82, 2.24) is 0 Å². The number of methoxy groups -OCH3 is 1. The van der Waals surface area contributed by atoms with Crippen molar-refractivity contribution in [3.05, 3.63) is 35.5 Å². The Bertz CT molecular complexity index is 515. The van der Waals surface area contributed by atoms with Crippen LogP contribution in [0.5, 0.6) is 5.75 Å². The maximum Gasteiger partial charge on any atom is 0.144 e. The summed E-state index contributed by atoms with van der Waals surface area (Å²) in [6.45, 7) is 4.34. The predicted molar refractivity (Wildman–Crippen MR) is 77.8 cm³/mol. The summed E-state index contributed by atoms with van der Waals surface area (Å²) >= 11 is 0. The quantitative estimate of drug-likeness (QED) is 0.614. The lowest BCUT2D eigenvalue weighted by Gasteiger charge is -2.30. The largest absolute Gasteiger partial charge is 0.497 e. The zero-order chi connectivity index (χ0) is 14.0. The number of carbonyl (C=O) groups excluding carboxylic acids is 1. The second-order valence-electron chi connectivity index (χ2n) is 4.92. The Morgan fingerprint density at radius 2 is 2.00 bits per heavy atom. The molecule has 0 aromatic heterocycles. The smallest absolute Gasteiger partial charge is 0.144 e. The van der Waals surface area contributed by atoms with Gasteiger partial charge in [-0.1, -0.05) is 13.8 Å². The van der Waals surface area contributed by atoms with Crippen molar-refractivity contribution >= 4 is 12.0 Å². The first kappa shape index (κ1) is 13.7. The molecular formula is C16H21NO2. The van der Waals surface area contributed by atoms with Gasteiger partial charge >= 0.3 is 0 Å². The average molecular weight is 259 g/mol. The van der Waals surface area contributed by atoms with Gasteiger partial charge in [-0.25, -0.2) is 0 Å². The van der Waals surface area contributed by atoms with Gasteiger partial charge in [-0.2, -0.15) is 0 Å². The first-order chi connectivity index (χ1) is 9.14. The molecule has 0 bridgehead atoms. The number of likely N-dealkylation sites (N-methyl/N-ethyl adjacent to an activating group) is 1. The van der Waals surface area contributed by atoms with Gasteiger partial charge in [0.25, 0.3) is 0 Å². The van der Waals surface area contributed by atoms with E-state index in [0.29, 0.717) is 0 Å². The molecule has 1 aromatic rings. The zero-order valence-corrected chi connectivity index (χ0v) is 12.1. The van der Waals surface area contributed by atoms with Crippen molar-refractivity contribution < 1.29 is 9.53 Å². The number of benzene rings is 1. The van der Waals surface area contributed by atoms with Crippen LogP contribution in [-0.2, 0) is 10.2 Å². The van der Waals surface area contributed by atoms with E-state index < -0.39 is 0 Å². The van der Waals surface area contributed by atoms with E-state index in [0.717, 1.165) is 36.3 Å². The van der Waals surface area contributed by atoms with Crippen LogP contribution in [0.15, 0.2) is 30.0 Å². The Kier molecular flexibility index (Phi) is 3.65. The third-order valence-electron chi connectivity index (χ3n) is 4.37. The lowest BCUT2D eigenvalue weighted by atomic mass is 9.75. The highest BCUT2D eigenvalue weighted by Gasteiger charge is 2.43. The minimum absolute atomic E-state index is 0.0838. The van der Waals surface area contributed by atoms with Crippen molar-refractivity contribution in [3.8, 4) is 5.75 Å². The minimum atomic E-state index is -0.0838. The Balaban J connectivity index is 2.69. The summed E-state index contributed by atoms with van der Waals surface area (Å²) < 4.78 is 5.34. The van der Waals surface area contributed by atoms with Gasteiger partial charge in [0.15, 0.2) is 0 Å². The van der Waals surface area contributed by atoms with Gasteiger partial charge < -0.3 is 9.64 Å². The van der Waals surface area contributed by atoms with E-state index in [4.69, 9.17) is 4.74 Å². The molecule has 3 heteroatoms. The maximum atomic E-state index is 11.0. The number of aldehydes is 1. The van der Waals surface area contributed by atoms with Gasteiger partial charge in [0.05, 0.1) is 7.11 Å². The summed E-state index contributed by atoms with van der Waals surface area (Å²) in [6, 6.07) is 6.14. The highest BCUT2D eigenvalue weighted by molar-refractivity contribution is 5.77. The maximum absolute atomic E-state index is 11.0. The van der Waals surface area contributed by atoms with E-state index in [1.807, 2.05) is 13.1 Å². The Labute approximate surface area is 114 Å². The Hall–Kier alpha value is -1.77. The van der Waals surface area contributed by atoms with E-state index in [-0.39, 0.29) is 5.41 Å². The van der Waals surface area contributed by atoms with Crippen LogP contribution in [0.25, 0.3) is 0 Å². The fourth-order valence-electron chi connectivity index (χ4n) is 3.24. The molecule has 0 radical (unpaired) electrons. The van der Waals surface area contributed by atoms with Crippen LogP contribution >= 0.6 is 0 Å². The minimum Gasteiger partial charge on any atom is -0.497 e. The zero-order valence-electron chi connectivity index (χ0n) is 12.1. The van der Waals surface area contributed by atoms with Crippen LogP contribution in [0.3, 0.4) is 0 Å². The normalized spacial score (nSPS) is 18.5. The molecular weight excluding hydrogens is 238 g/mol. The number of hydrogen-bond donors (Lipinski definition) is 0. The average Bonchev–Trinajstić information content (AvgIpc) is 2.69. The Morgan fingerprint density at radius 3 is 2.53 bits per heavy atom. The van der Waals surface area contributed by atoms with Crippen molar-refractivity contribution in [2.45, 2.75) is 32.1 Å². The molecule has 0 N–H and O–H groups in total. The number of allylic oxidation sites excluding steroid dienone is 2. The van der Waals surface area contributed by atoms with Crippen LogP contribution in [0, 0.1) is 0 Å². The number of hydrogen-bond acceptors (Lipinski definition) is 3. The van der Waals surface area contributed by atoms with Crippen LogP contribution in [0.4, 0.5) is 5.69 Å².